The molecule has 1 heterocycles. The molecule has 1 atom stereocenters. The first-order valence-electron chi connectivity index (χ1n) is 6.69. The second-order valence-electron chi connectivity index (χ2n) is 6.15. The van der Waals surface area contributed by atoms with Crippen LogP contribution < -0.4 is 5.32 Å². The van der Waals surface area contributed by atoms with E-state index >= 15 is 0 Å². The van der Waals surface area contributed by atoms with Gasteiger partial charge in [-0.3, -0.25) is 9.69 Å². The summed E-state index contributed by atoms with van der Waals surface area (Å²) in [6.07, 6.45) is 3.86. The third-order valence-corrected chi connectivity index (χ3v) is 3.85. The summed E-state index contributed by atoms with van der Waals surface area (Å²) in [5.41, 5.74) is -0.558. The molecule has 98 valence electrons. The number of amides is 1. The van der Waals surface area contributed by atoms with Crippen LogP contribution in [0.2, 0.25) is 0 Å². The molecule has 0 spiro atoms. The molecule has 2 fully saturated rings. The molecule has 4 heteroatoms. The molecule has 4 nitrogen and oxygen atoms in total. The van der Waals surface area contributed by atoms with Gasteiger partial charge in [-0.1, -0.05) is 6.92 Å². The topological polar surface area (TPSA) is 52.6 Å². The maximum atomic E-state index is 11.8. The Morgan fingerprint density at radius 2 is 2.24 bits per heavy atom. The van der Waals surface area contributed by atoms with Crippen LogP contribution in [0.1, 0.15) is 39.5 Å². The van der Waals surface area contributed by atoms with Crippen molar-refractivity contribution in [3.05, 3.63) is 0 Å². The Morgan fingerprint density at radius 3 is 2.82 bits per heavy atom. The van der Waals surface area contributed by atoms with E-state index in [0.717, 1.165) is 13.1 Å². The summed E-state index contributed by atoms with van der Waals surface area (Å²) >= 11 is 0. The minimum absolute atomic E-state index is 0.111. The summed E-state index contributed by atoms with van der Waals surface area (Å²) in [7, 11) is 0. The number of aliphatic hydroxyl groups is 1. The molecule has 1 amide bonds. The van der Waals surface area contributed by atoms with E-state index in [0.29, 0.717) is 25.3 Å². The van der Waals surface area contributed by atoms with Gasteiger partial charge in [-0.15, -0.1) is 0 Å². The quantitative estimate of drug-likeness (QED) is 0.765. The number of hydrogen-bond donors (Lipinski definition) is 2. The molecule has 1 aliphatic carbocycles. The first-order chi connectivity index (χ1) is 7.94. The molecule has 1 aliphatic heterocycles. The lowest BCUT2D eigenvalue weighted by molar-refractivity contribution is -0.126. The molecule has 0 aromatic carbocycles. The van der Waals surface area contributed by atoms with Crippen molar-refractivity contribution in [2.75, 3.05) is 19.6 Å². The van der Waals surface area contributed by atoms with E-state index in [1.807, 2.05) is 6.92 Å². The van der Waals surface area contributed by atoms with Gasteiger partial charge in [0.2, 0.25) is 5.91 Å². The van der Waals surface area contributed by atoms with E-state index < -0.39 is 5.60 Å². The molecule has 1 saturated heterocycles. The van der Waals surface area contributed by atoms with E-state index in [-0.39, 0.29) is 11.9 Å². The Hall–Kier alpha value is -0.610. The fraction of sp³-hybridized carbons (Fsp3) is 0.923. The van der Waals surface area contributed by atoms with Crippen molar-refractivity contribution >= 4 is 5.91 Å². The maximum Gasteiger partial charge on any atom is 0.234 e. The fourth-order valence-corrected chi connectivity index (χ4v) is 3.01. The molecular formula is C13H24N2O2. The summed E-state index contributed by atoms with van der Waals surface area (Å²) < 4.78 is 0. The van der Waals surface area contributed by atoms with Gasteiger partial charge >= 0.3 is 0 Å². The van der Waals surface area contributed by atoms with Gasteiger partial charge in [0.1, 0.15) is 0 Å². The molecule has 0 unspecified atom stereocenters. The Morgan fingerprint density at radius 1 is 1.53 bits per heavy atom. The van der Waals surface area contributed by atoms with Crippen molar-refractivity contribution in [3.63, 3.8) is 0 Å². The number of likely N-dealkylation sites (tertiary alicyclic amines) is 1. The lowest BCUT2D eigenvalue weighted by atomic mass is 9.77. The van der Waals surface area contributed by atoms with Gasteiger partial charge in [0.15, 0.2) is 0 Å². The summed E-state index contributed by atoms with van der Waals surface area (Å²) in [4.78, 5) is 14.0. The molecule has 0 aromatic rings. The number of rotatable bonds is 3. The minimum atomic E-state index is -0.558. The van der Waals surface area contributed by atoms with Crippen LogP contribution in [0.4, 0.5) is 0 Å². The van der Waals surface area contributed by atoms with Crippen LogP contribution in [-0.2, 0) is 4.79 Å². The Labute approximate surface area is 103 Å². The van der Waals surface area contributed by atoms with E-state index in [1.165, 1.54) is 12.8 Å². The first kappa shape index (κ1) is 12.8. The van der Waals surface area contributed by atoms with Gasteiger partial charge in [0.25, 0.3) is 0 Å². The van der Waals surface area contributed by atoms with Crippen molar-refractivity contribution in [2.45, 2.75) is 51.2 Å². The van der Waals surface area contributed by atoms with Gasteiger partial charge in [-0.2, -0.15) is 0 Å². The van der Waals surface area contributed by atoms with Gasteiger partial charge in [0, 0.05) is 12.6 Å². The van der Waals surface area contributed by atoms with Crippen LogP contribution in [0.5, 0.6) is 0 Å². The molecule has 0 aromatic heterocycles. The van der Waals surface area contributed by atoms with Gasteiger partial charge in [-0.25, -0.2) is 0 Å². The number of carbonyl (C=O) groups is 1. The van der Waals surface area contributed by atoms with Crippen LogP contribution in [-0.4, -0.2) is 47.2 Å². The van der Waals surface area contributed by atoms with Gasteiger partial charge in [0.05, 0.1) is 12.1 Å². The number of nitrogens with zero attached hydrogens (tertiary/aromatic N) is 1. The second kappa shape index (κ2) is 4.94. The van der Waals surface area contributed by atoms with Crippen molar-refractivity contribution in [2.24, 2.45) is 5.92 Å². The molecule has 2 aliphatic rings. The van der Waals surface area contributed by atoms with E-state index in [4.69, 9.17) is 0 Å². The Kier molecular flexibility index (Phi) is 3.73. The summed E-state index contributed by atoms with van der Waals surface area (Å²) in [5.74, 6) is 0.820. The first-order valence-corrected chi connectivity index (χ1v) is 6.69. The molecule has 0 radical (unpaired) electrons. The van der Waals surface area contributed by atoms with Crippen LogP contribution in [0, 0.1) is 5.92 Å². The monoisotopic (exact) mass is 240 g/mol. The predicted molar refractivity (Wildman–Crippen MR) is 66.6 cm³/mol. The highest BCUT2D eigenvalue weighted by Crippen LogP contribution is 2.31. The summed E-state index contributed by atoms with van der Waals surface area (Å²) in [6.45, 7) is 6.66. The minimum Gasteiger partial charge on any atom is -0.390 e. The van der Waals surface area contributed by atoms with Crippen molar-refractivity contribution in [1.29, 1.82) is 0 Å². The number of carbonyl (C=O) groups excluding carboxylic acids is 1. The van der Waals surface area contributed by atoms with E-state index in [2.05, 4.69) is 17.1 Å². The average Bonchev–Trinajstić information content (AvgIpc) is 2.14. The number of hydrogen-bond acceptors (Lipinski definition) is 3. The fourth-order valence-electron chi connectivity index (χ4n) is 3.01. The van der Waals surface area contributed by atoms with Crippen molar-refractivity contribution in [3.8, 4) is 0 Å². The predicted octanol–water partition coefficient (Wildman–Crippen LogP) is 0.748. The maximum absolute atomic E-state index is 11.8. The number of piperidine rings is 1. The van der Waals surface area contributed by atoms with Crippen LogP contribution in [0.25, 0.3) is 0 Å². The lowest BCUT2D eigenvalue weighted by Gasteiger charge is -2.41. The van der Waals surface area contributed by atoms with Crippen LogP contribution in [0.15, 0.2) is 0 Å². The average molecular weight is 240 g/mol. The summed E-state index contributed by atoms with van der Waals surface area (Å²) in [5, 5.41) is 12.6. The van der Waals surface area contributed by atoms with E-state index in [9.17, 15) is 9.90 Å². The highest BCUT2D eigenvalue weighted by molar-refractivity contribution is 5.78. The molecule has 0 bridgehead atoms. The molecule has 1 saturated carbocycles. The summed E-state index contributed by atoms with van der Waals surface area (Å²) in [6, 6.07) is 0.180. The Bertz CT molecular complexity index is 283. The van der Waals surface area contributed by atoms with Crippen LogP contribution >= 0.6 is 0 Å². The third-order valence-electron chi connectivity index (χ3n) is 3.85. The largest absolute Gasteiger partial charge is 0.390 e. The standard InChI is InChI=1S/C13H24N2O2/c1-10-4-3-5-15(8-10)9-12(16)14-11-6-13(2,17)7-11/h10-11,17H,3-9H2,1-2H3,(H,14,16)/t10-,11-,13-/m1/s1. The lowest BCUT2D eigenvalue weighted by Crippen LogP contribution is -2.55. The molecule has 2 N–H and O–H groups in total. The zero-order valence-corrected chi connectivity index (χ0v) is 10.9. The molecular weight excluding hydrogens is 216 g/mol. The normalized spacial score (nSPS) is 38.5. The Balaban J connectivity index is 1.67. The highest BCUT2D eigenvalue weighted by Gasteiger charge is 2.39. The zero-order chi connectivity index (χ0) is 12.5. The van der Waals surface area contributed by atoms with Crippen molar-refractivity contribution < 1.29 is 9.90 Å². The molecule has 2 rings (SSSR count). The molecule has 17 heavy (non-hydrogen) atoms. The van der Waals surface area contributed by atoms with Crippen LogP contribution in [0.3, 0.4) is 0 Å². The number of nitrogens with one attached hydrogen (secondary N) is 1. The van der Waals surface area contributed by atoms with Gasteiger partial charge in [-0.05, 0) is 45.1 Å². The zero-order valence-electron chi connectivity index (χ0n) is 10.9. The van der Waals surface area contributed by atoms with Gasteiger partial charge < -0.3 is 10.4 Å². The smallest absolute Gasteiger partial charge is 0.234 e. The SMILES string of the molecule is C[C@@H]1CCCN(CC(=O)N[C@H]2C[C@](C)(O)C2)C1. The third kappa shape index (κ3) is 3.68. The second-order valence-corrected chi connectivity index (χ2v) is 6.15. The van der Waals surface area contributed by atoms with Crippen molar-refractivity contribution in [1.82, 2.24) is 10.2 Å². The van der Waals surface area contributed by atoms with E-state index in [1.54, 1.807) is 0 Å². The highest BCUT2D eigenvalue weighted by atomic mass is 16.3.